The van der Waals surface area contributed by atoms with Gasteiger partial charge in [0.15, 0.2) is 5.69 Å². The van der Waals surface area contributed by atoms with Gasteiger partial charge < -0.3 is 19.5 Å². The Bertz CT molecular complexity index is 1220. The second-order valence-electron chi connectivity index (χ2n) is 7.65. The predicted molar refractivity (Wildman–Crippen MR) is 124 cm³/mol. The normalized spacial score (nSPS) is 14.1. The van der Waals surface area contributed by atoms with Gasteiger partial charge in [-0.1, -0.05) is 11.6 Å². The van der Waals surface area contributed by atoms with E-state index in [1.165, 1.54) is 0 Å². The zero-order chi connectivity index (χ0) is 22.1. The second kappa shape index (κ2) is 8.69. The van der Waals surface area contributed by atoms with Crippen LogP contribution in [0.4, 0.5) is 11.4 Å². The number of fused-ring (bicyclic) bond motifs is 1. The number of carbonyl (C=O) groups is 1. The van der Waals surface area contributed by atoms with Crippen LogP contribution in [0.15, 0.2) is 35.1 Å². The number of aromatic nitrogens is 2. The number of hydrogen-bond acceptors (Lipinski definition) is 5. The molecule has 3 aromatic rings. The van der Waals surface area contributed by atoms with Gasteiger partial charge in [0.05, 0.1) is 35.0 Å². The van der Waals surface area contributed by atoms with Crippen molar-refractivity contribution >= 4 is 39.9 Å². The monoisotopic (exact) mass is 440 g/mol. The van der Waals surface area contributed by atoms with Crippen LogP contribution in [0.1, 0.15) is 28.5 Å². The van der Waals surface area contributed by atoms with Crippen molar-refractivity contribution in [2.24, 2.45) is 0 Å². The molecular formula is C23H25ClN4O3. The smallest absolute Gasteiger partial charge is 0.282 e. The van der Waals surface area contributed by atoms with Crippen LogP contribution in [0.25, 0.3) is 11.0 Å². The second-order valence-corrected chi connectivity index (χ2v) is 8.06. The molecule has 162 valence electrons. The number of anilines is 2. The predicted octanol–water partition coefficient (Wildman–Crippen LogP) is 3.78. The van der Waals surface area contributed by atoms with E-state index in [9.17, 15) is 9.59 Å². The van der Waals surface area contributed by atoms with Crippen LogP contribution in [0.5, 0.6) is 0 Å². The Morgan fingerprint density at radius 2 is 1.87 bits per heavy atom. The number of ether oxygens (including phenoxy) is 1. The Morgan fingerprint density at radius 3 is 2.55 bits per heavy atom. The molecule has 2 aromatic carbocycles. The molecule has 1 aliphatic heterocycles. The summed E-state index contributed by atoms with van der Waals surface area (Å²) in [6.45, 7) is 9.14. The molecule has 7 nitrogen and oxygen atoms in total. The number of aryl methyl sites for hydroxylation is 3. The highest BCUT2D eigenvalue weighted by Gasteiger charge is 2.19. The molecule has 1 saturated heterocycles. The minimum absolute atomic E-state index is 0.133. The van der Waals surface area contributed by atoms with E-state index >= 15 is 0 Å². The fourth-order valence-electron chi connectivity index (χ4n) is 3.79. The lowest BCUT2D eigenvalue weighted by Crippen LogP contribution is -2.36. The van der Waals surface area contributed by atoms with Gasteiger partial charge in [-0.05, 0) is 62.2 Å². The van der Waals surface area contributed by atoms with Crippen LogP contribution in [0, 0.1) is 13.8 Å². The maximum atomic E-state index is 13.0. The standard InChI is InChI=1S/C23H25ClN4O3/c1-4-28-20-12-15(3)14(2)11-18(20)26-21(23(28)30)22(29)25-16-5-6-19(17(24)13-16)27-7-9-31-10-8-27/h5-6,11-13H,4,7-10H2,1-3H3,(H,25,29). The van der Waals surface area contributed by atoms with E-state index < -0.39 is 11.5 Å². The van der Waals surface area contributed by atoms with Gasteiger partial charge in [0, 0.05) is 25.3 Å². The van der Waals surface area contributed by atoms with Crippen molar-refractivity contribution in [2.75, 3.05) is 36.5 Å². The lowest BCUT2D eigenvalue weighted by Gasteiger charge is -2.29. The molecule has 1 aromatic heterocycles. The average Bonchev–Trinajstić information content (AvgIpc) is 2.75. The quantitative estimate of drug-likeness (QED) is 0.668. The van der Waals surface area contributed by atoms with Crippen molar-refractivity contribution in [3.8, 4) is 0 Å². The van der Waals surface area contributed by atoms with Gasteiger partial charge in [-0.2, -0.15) is 0 Å². The van der Waals surface area contributed by atoms with Gasteiger partial charge in [0.25, 0.3) is 11.5 Å². The summed E-state index contributed by atoms with van der Waals surface area (Å²) >= 11 is 6.47. The summed E-state index contributed by atoms with van der Waals surface area (Å²) in [5.41, 5.74) is 4.34. The first kappa shape index (κ1) is 21.3. The summed E-state index contributed by atoms with van der Waals surface area (Å²) < 4.78 is 6.96. The molecule has 0 bridgehead atoms. The fourth-order valence-corrected chi connectivity index (χ4v) is 4.09. The van der Waals surface area contributed by atoms with E-state index in [0.717, 1.165) is 35.4 Å². The minimum Gasteiger partial charge on any atom is -0.378 e. The van der Waals surface area contributed by atoms with E-state index in [4.69, 9.17) is 16.3 Å². The van der Waals surface area contributed by atoms with Crippen LogP contribution in [-0.2, 0) is 11.3 Å². The zero-order valence-corrected chi connectivity index (χ0v) is 18.6. The minimum atomic E-state index is -0.553. The Labute approximate surface area is 185 Å². The van der Waals surface area contributed by atoms with Gasteiger partial charge in [0.1, 0.15) is 0 Å². The van der Waals surface area contributed by atoms with E-state index in [-0.39, 0.29) is 5.69 Å². The number of hydrogen-bond donors (Lipinski definition) is 1. The summed E-state index contributed by atoms with van der Waals surface area (Å²) in [5.74, 6) is -0.553. The van der Waals surface area contributed by atoms with Gasteiger partial charge in [0.2, 0.25) is 0 Å². The largest absolute Gasteiger partial charge is 0.378 e. The van der Waals surface area contributed by atoms with Crippen LogP contribution in [-0.4, -0.2) is 41.8 Å². The number of morpholine rings is 1. The number of rotatable bonds is 4. The molecule has 1 fully saturated rings. The topological polar surface area (TPSA) is 76.5 Å². The number of benzene rings is 2. The van der Waals surface area contributed by atoms with E-state index in [1.54, 1.807) is 16.7 Å². The van der Waals surface area contributed by atoms with Crippen LogP contribution in [0.2, 0.25) is 5.02 Å². The van der Waals surface area contributed by atoms with Gasteiger partial charge in [-0.15, -0.1) is 0 Å². The number of carbonyl (C=O) groups excluding carboxylic acids is 1. The number of halogens is 1. The molecule has 1 aliphatic rings. The Morgan fingerprint density at radius 1 is 1.16 bits per heavy atom. The molecule has 1 N–H and O–H groups in total. The summed E-state index contributed by atoms with van der Waals surface area (Å²) in [6, 6.07) is 9.18. The number of amides is 1. The van der Waals surface area contributed by atoms with Crippen molar-refractivity contribution in [3.05, 3.63) is 62.5 Å². The number of nitrogens with one attached hydrogen (secondary N) is 1. The van der Waals surface area contributed by atoms with E-state index in [2.05, 4.69) is 15.2 Å². The maximum absolute atomic E-state index is 13.0. The lowest BCUT2D eigenvalue weighted by molar-refractivity contribution is 0.102. The van der Waals surface area contributed by atoms with Crippen molar-refractivity contribution in [2.45, 2.75) is 27.3 Å². The molecular weight excluding hydrogens is 416 g/mol. The average molecular weight is 441 g/mol. The molecule has 8 heteroatoms. The van der Waals surface area contributed by atoms with Gasteiger partial charge in [-0.3, -0.25) is 9.59 Å². The van der Waals surface area contributed by atoms with Crippen molar-refractivity contribution < 1.29 is 9.53 Å². The molecule has 0 spiro atoms. The van der Waals surface area contributed by atoms with Crippen LogP contribution in [0.3, 0.4) is 0 Å². The molecule has 1 amide bonds. The zero-order valence-electron chi connectivity index (χ0n) is 17.9. The molecule has 0 unspecified atom stereocenters. The highest BCUT2D eigenvalue weighted by molar-refractivity contribution is 6.33. The SMILES string of the molecule is CCn1c(=O)c(C(=O)Nc2ccc(N3CCOCC3)c(Cl)c2)nc2cc(C)c(C)cc21. The van der Waals surface area contributed by atoms with Crippen molar-refractivity contribution in [3.63, 3.8) is 0 Å². The maximum Gasteiger partial charge on any atom is 0.282 e. The summed E-state index contributed by atoms with van der Waals surface area (Å²) in [6.07, 6.45) is 0. The summed E-state index contributed by atoms with van der Waals surface area (Å²) in [5, 5.41) is 3.30. The third-order valence-electron chi connectivity index (χ3n) is 5.65. The Balaban J connectivity index is 1.65. The van der Waals surface area contributed by atoms with Crippen LogP contribution < -0.4 is 15.8 Å². The van der Waals surface area contributed by atoms with Crippen molar-refractivity contribution in [1.29, 1.82) is 0 Å². The third-order valence-corrected chi connectivity index (χ3v) is 5.95. The third kappa shape index (κ3) is 4.16. The summed E-state index contributed by atoms with van der Waals surface area (Å²) in [4.78, 5) is 32.4. The molecule has 31 heavy (non-hydrogen) atoms. The molecule has 0 saturated carbocycles. The molecule has 0 aliphatic carbocycles. The molecule has 0 atom stereocenters. The van der Waals surface area contributed by atoms with Crippen molar-refractivity contribution in [1.82, 2.24) is 9.55 Å². The fraction of sp³-hybridized carbons (Fsp3) is 0.348. The van der Waals surface area contributed by atoms with Gasteiger partial charge in [-0.25, -0.2) is 4.98 Å². The highest BCUT2D eigenvalue weighted by Crippen LogP contribution is 2.29. The highest BCUT2D eigenvalue weighted by atomic mass is 35.5. The van der Waals surface area contributed by atoms with E-state index in [1.807, 2.05) is 39.0 Å². The van der Waals surface area contributed by atoms with Gasteiger partial charge >= 0.3 is 0 Å². The van der Waals surface area contributed by atoms with Crippen LogP contribution >= 0.6 is 11.6 Å². The molecule has 4 rings (SSSR count). The first-order valence-corrected chi connectivity index (χ1v) is 10.7. The summed E-state index contributed by atoms with van der Waals surface area (Å²) in [7, 11) is 0. The van der Waals surface area contributed by atoms with E-state index in [0.29, 0.717) is 36.0 Å². The Kier molecular flexibility index (Phi) is 5.98. The Hall–Kier alpha value is -2.90. The first-order chi connectivity index (χ1) is 14.9. The lowest BCUT2D eigenvalue weighted by atomic mass is 10.1. The molecule has 2 heterocycles. The molecule has 0 radical (unpaired) electrons. The number of nitrogens with zero attached hydrogens (tertiary/aromatic N) is 3. The first-order valence-electron chi connectivity index (χ1n) is 10.3.